The van der Waals surface area contributed by atoms with Gasteiger partial charge in [0.1, 0.15) is 11.5 Å². The van der Waals surface area contributed by atoms with E-state index in [1.54, 1.807) is 12.1 Å². The van der Waals surface area contributed by atoms with Crippen molar-refractivity contribution in [1.29, 1.82) is 0 Å². The average molecular weight is 375 g/mol. The maximum atomic E-state index is 6.18. The molecule has 0 aliphatic rings. The summed E-state index contributed by atoms with van der Waals surface area (Å²) in [6.45, 7) is 2.78. The fraction of sp³-hybridized carbons (Fsp3) is 0.200. The van der Waals surface area contributed by atoms with Gasteiger partial charge in [-0.1, -0.05) is 35.3 Å². The summed E-state index contributed by atoms with van der Waals surface area (Å²) in [5.41, 5.74) is 2.19. The average Bonchev–Trinajstić information content (AvgIpc) is 2.40. The molecule has 0 aliphatic carbocycles. The summed E-state index contributed by atoms with van der Waals surface area (Å²) in [6, 6.07) is 9.52. The Balaban J connectivity index is 2.34. The third-order valence-corrected chi connectivity index (χ3v) is 4.32. The van der Waals surface area contributed by atoms with E-state index in [0.717, 1.165) is 27.9 Å². The lowest BCUT2D eigenvalue weighted by Gasteiger charge is -2.12. The standard InChI is InChI=1S/C15H14BrCl2NO/c1-9-3-4-10(8-19-2)5-14(9)20-15-7-12(17)11(16)6-13(15)18/h3-7,19H,8H2,1-2H3. The van der Waals surface area contributed by atoms with E-state index in [9.17, 15) is 0 Å². The van der Waals surface area contributed by atoms with Gasteiger partial charge in [0.2, 0.25) is 0 Å². The summed E-state index contributed by atoms with van der Waals surface area (Å²) in [5, 5.41) is 4.19. The number of nitrogens with one attached hydrogen (secondary N) is 1. The molecule has 0 aromatic heterocycles. The highest BCUT2D eigenvalue weighted by molar-refractivity contribution is 9.10. The van der Waals surface area contributed by atoms with Crippen LogP contribution in [0.25, 0.3) is 0 Å². The first kappa shape index (κ1) is 15.6. The monoisotopic (exact) mass is 373 g/mol. The van der Waals surface area contributed by atoms with Crippen LogP contribution in [0.5, 0.6) is 11.5 Å². The third-order valence-electron chi connectivity index (χ3n) is 2.83. The van der Waals surface area contributed by atoms with Crippen molar-refractivity contribution in [2.24, 2.45) is 0 Å². The van der Waals surface area contributed by atoms with Gasteiger partial charge in [0.15, 0.2) is 0 Å². The first-order valence-electron chi connectivity index (χ1n) is 6.08. The van der Waals surface area contributed by atoms with E-state index < -0.39 is 0 Å². The maximum Gasteiger partial charge on any atom is 0.147 e. The van der Waals surface area contributed by atoms with Gasteiger partial charge in [-0.05, 0) is 53.2 Å². The number of ether oxygens (including phenoxy) is 1. The molecule has 20 heavy (non-hydrogen) atoms. The molecule has 0 bridgehead atoms. The highest BCUT2D eigenvalue weighted by Crippen LogP contribution is 2.37. The maximum absolute atomic E-state index is 6.18. The lowest BCUT2D eigenvalue weighted by atomic mass is 10.1. The third kappa shape index (κ3) is 3.67. The summed E-state index contributed by atoms with van der Waals surface area (Å²) in [6.07, 6.45) is 0. The predicted octanol–water partition coefficient (Wildman–Crippen LogP) is 5.58. The quantitative estimate of drug-likeness (QED) is 0.705. The molecular formula is C15H14BrCl2NO. The van der Waals surface area contributed by atoms with Crippen LogP contribution in [0.3, 0.4) is 0 Å². The van der Waals surface area contributed by atoms with Crippen LogP contribution in [0.1, 0.15) is 11.1 Å². The van der Waals surface area contributed by atoms with Crippen LogP contribution in [-0.4, -0.2) is 7.05 Å². The van der Waals surface area contributed by atoms with Crippen molar-refractivity contribution >= 4 is 39.1 Å². The number of rotatable bonds is 4. The SMILES string of the molecule is CNCc1ccc(C)c(Oc2cc(Cl)c(Br)cc2Cl)c1. The lowest BCUT2D eigenvalue weighted by molar-refractivity contribution is 0.478. The lowest BCUT2D eigenvalue weighted by Crippen LogP contribution is -2.05. The molecule has 106 valence electrons. The molecule has 0 aliphatic heterocycles. The van der Waals surface area contributed by atoms with E-state index in [2.05, 4.69) is 27.3 Å². The van der Waals surface area contributed by atoms with Crippen molar-refractivity contribution < 1.29 is 4.74 Å². The Morgan fingerprint density at radius 3 is 2.55 bits per heavy atom. The molecule has 0 heterocycles. The van der Waals surface area contributed by atoms with Crippen LogP contribution in [0.2, 0.25) is 10.0 Å². The van der Waals surface area contributed by atoms with Crippen LogP contribution < -0.4 is 10.1 Å². The van der Waals surface area contributed by atoms with Crippen LogP contribution in [0.15, 0.2) is 34.8 Å². The first-order chi connectivity index (χ1) is 9.51. The molecule has 2 nitrogen and oxygen atoms in total. The minimum Gasteiger partial charge on any atom is -0.455 e. The summed E-state index contributed by atoms with van der Waals surface area (Å²) in [7, 11) is 1.91. The van der Waals surface area contributed by atoms with Crippen molar-refractivity contribution in [3.63, 3.8) is 0 Å². The number of hydrogen-bond donors (Lipinski definition) is 1. The van der Waals surface area contributed by atoms with Gasteiger partial charge in [-0.15, -0.1) is 0 Å². The highest BCUT2D eigenvalue weighted by atomic mass is 79.9. The number of aryl methyl sites for hydroxylation is 1. The van der Waals surface area contributed by atoms with E-state index in [4.69, 9.17) is 27.9 Å². The molecule has 0 spiro atoms. The van der Waals surface area contributed by atoms with Gasteiger partial charge in [0.25, 0.3) is 0 Å². The van der Waals surface area contributed by atoms with Crippen molar-refractivity contribution in [3.05, 3.63) is 56.0 Å². The smallest absolute Gasteiger partial charge is 0.147 e. The fourth-order valence-electron chi connectivity index (χ4n) is 1.77. The van der Waals surface area contributed by atoms with Crippen LogP contribution >= 0.6 is 39.1 Å². The second-order valence-electron chi connectivity index (χ2n) is 4.43. The van der Waals surface area contributed by atoms with Gasteiger partial charge in [-0.3, -0.25) is 0 Å². The van der Waals surface area contributed by atoms with Crippen molar-refractivity contribution in [2.75, 3.05) is 7.05 Å². The van der Waals surface area contributed by atoms with E-state index >= 15 is 0 Å². The molecule has 0 radical (unpaired) electrons. The van der Waals surface area contributed by atoms with E-state index in [1.165, 1.54) is 0 Å². The van der Waals surface area contributed by atoms with Crippen molar-refractivity contribution in [2.45, 2.75) is 13.5 Å². The molecule has 0 unspecified atom stereocenters. The van der Waals surface area contributed by atoms with E-state index in [0.29, 0.717) is 15.8 Å². The largest absolute Gasteiger partial charge is 0.455 e. The number of hydrogen-bond acceptors (Lipinski definition) is 2. The summed E-state index contributed by atoms with van der Waals surface area (Å²) >= 11 is 15.6. The molecule has 0 fully saturated rings. The molecule has 2 aromatic rings. The second-order valence-corrected chi connectivity index (χ2v) is 6.10. The van der Waals surface area contributed by atoms with Crippen LogP contribution in [0.4, 0.5) is 0 Å². The molecule has 0 amide bonds. The minimum atomic E-state index is 0.514. The molecule has 0 saturated carbocycles. The van der Waals surface area contributed by atoms with Gasteiger partial charge in [-0.25, -0.2) is 0 Å². The summed E-state index contributed by atoms with van der Waals surface area (Å²) in [4.78, 5) is 0. The Morgan fingerprint density at radius 2 is 1.85 bits per heavy atom. The molecule has 1 N–H and O–H groups in total. The van der Waals surface area contributed by atoms with Crippen LogP contribution in [0, 0.1) is 6.92 Å². The zero-order valence-electron chi connectivity index (χ0n) is 11.1. The zero-order chi connectivity index (χ0) is 14.7. The molecule has 2 aromatic carbocycles. The molecule has 0 atom stereocenters. The Morgan fingerprint density at radius 1 is 1.10 bits per heavy atom. The van der Waals surface area contributed by atoms with Gasteiger partial charge < -0.3 is 10.1 Å². The van der Waals surface area contributed by atoms with E-state index in [-0.39, 0.29) is 0 Å². The van der Waals surface area contributed by atoms with Crippen molar-refractivity contribution in [1.82, 2.24) is 5.32 Å². The molecular weight excluding hydrogens is 361 g/mol. The van der Waals surface area contributed by atoms with E-state index in [1.807, 2.05) is 26.1 Å². The van der Waals surface area contributed by atoms with Crippen molar-refractivity contribution in [3.8, 4) is 11.5 Å². The van der Waals surface area contributed by atoms with Crippen LogP contribution in [-0.2, 0) is 6.54 Å². The highest BCUT2D eigenvalue weighted by Gasteiger charge is 2.10. The molecule has 5 heteroatoms. The predicted molar refractivity (Wildman–Crippen MR) is 88.2 cm³/mol. The normalized spacial score (nSPS) is 10.7. The second kappa shape index (κ2) is 6.81. The first-order valence-corrected chi connectivity index (χ1v) is 7.62. The Kier molecular flexibility index (Phi) is 5.33. The number of benzene rings is 2. The fourth-order valence-corrected chi connectivity index (χ4v) is 2.60. The van der Waals surface area contributed by atoms with Gasteiger partial charge in [-0.2, -0.15) is 0 Å². The Hall–Kier alpha value is -0.740. The topological polar surface area (TPSA) is 21.3 Å². The summed E-state index contributed by atoms with van der Waals surface area (Å²) < 4.78 is 6.65. The van der Waals surface area contributed by atoms with Gasteiger partial charge in [0, 0.05) is 17.1 Å². The molecule has 0 saturated heterocycles. The van der Waals surface area contributed by atoms with Gasteiger partial charge in [0.05, 0.1) is 10.0 Å². The minimum absolute atomic E-state index is 0.514. The number of halogens is 3. The Labute approximate surface area is 137 Å². The Bertz CT molecular complexity index is 632. The molecule has 2 rings (SSSR count). The van der Waals surface area contributed by atoms with Gasteiger partial charge >= 0.3 is 0 Å². The summed E-state index contributed by atoms with van der Waals surface area (Å²) in [5.74, 6) is 1.32. The zero-order valence-corrected chi connectivity index (χ0v) is 14.2.